The van der Waals surface area contributed by atoms with Crippen molar-refractivity contribution in [3.63, 3.8) is 0 Å². The first-order valence-electron chi connectivity index (χ1n) is 5.44. The van der Waals surface area contributed by atoms with Gasteiger partial charge in [0.2, 0.25) is 0 Å². The smallest absolute Gasteiger partial charge is 0.144 e. The van der Waals surface area contributed by atoms with E-state index in [-0.39, 0.29) is 35.1 Å². The highest BCUT2D eigenvalue weighted by molar-refractivity contribution is 9.10. The fraction of sp³-hybridized carbons (Fsp3) is 0.500. The van der Waals surface area contributed by atoms with Crippen LogP contribution in [-0.2, 0) is 6.54 Å². The van der Waals surface area contributed by atoms with Crippen LogP contribution in [0.5, 0.6) is 0 Å². The molecule has 5 heteroatoms. The molecule has 0 bridgehead atoms. The third kappa shape index (κ3) is 3.72. The Labute approximate surface area is 108 Å². The van der Waals surface area contributed by atoms with Crippen LogP contribution in [0.3, 0.4) is 0 Å². The summed E-state index contributed by atoms with van der Waals surface area (Å²) < 4.78 is 27.3. The van der Waals surface area contributed by atoms with Crippen molar-refractivity contribution in [2.45, 2.75) is 26.4 Å². The monoisotopic (exact) mass is 307 g/mol. The Kier molecular flexibility index (Phi) is 5.49. The minimum Gasteiger partial charge on any atom is -0.396 e. The van der Waals surface area contributed by atoms with Gasteiger partial charge in [-0.25, -0.2) is 8.78 Å². The van der Waals surface area contributed by atoms with Gasteiger partial charge in [-0.3, -0.25) is 0 Å². The van der Waals surface area contributed by atoms with Gasteiger partial charge in [0, 0.05) is 24.8 Å². The summed E-state index contributed by atoms with van der Waals surface area (Å²) >= 11 is 3.02. The van der Waals surface area contributed by atoms with Gasteiger partial charge in [0.25, 0.3) is 0 Å². The van der Waals surface area contributed by atoms with Gasteiger partial charge in [-0.2, -0.15) is 0 Å². The average molecular weight is 308 g/mol. The molecule has 0 heterocycles. The van der Waals surface area contributed by atoms with E-state index in [1.807, 2.05) is 13.8 Å². The Hall–Kier alpha value is -0.520. The normalized spacial score (nSPS) is 14.7. The quantitative estimate of drug-likeness (QED) is 0.820. The van der Waals surface area contributed by atoms with Crippen molar-refractivity contribution in [1.29, 1.82) is 0 Å². The van der Waals surface area contributed by atoms with Crippen LogP contribution in [0.1, 0.15) is 19.4 Å². The number of benzene rings is 1. The molecule has 2 atom stereocenters. The molecule has 1 rings (SSSR count). The summed E-state index contributed by atoms with van der Waals surface area (Å²) in [6.45, 7) is 3.88. The zero-order valence-corrected chi connectivity index (χ0v) is 11.4. The van der Waals surface area contributed by atoms with E-state index in [0.29, 0.717) is 0 Å². The summed E-state index contributed by atoms with van der Waals surface area (Å²) in [5.41, 5.74) is 0.0105. The van der Waals surface area contributed by atoms with Gasteiger partial charge in [0.1, 0.15) is 11.6 Å². The topological polar surface area (TPSA) is 32.3 Å². The van der Waals surface area contributed by atoms with Gasteiger partial charge in [-0.1, -0.05) is 6.92 Å². The highest BCUT2D eigenvalue weighted by Gasteiger charge is 2.15. The minimum absolute atomic E-state index is 0.0105. The predicted molar refractivity (Wildman–Crippen MR) is 66.6 cm³/mol. The van der Waals surface area contributed by atoms with Gasteiger partial charge >= 0.3 is 0 Å². The van der Waals surface area contributed by atoms with E-state index in [0.717, 1.165) is 0 Å². The Morgan fingerprint density at radius 1 is 1.35 bits per heavy atom. The summed E-state index contributed by atoms with van der Waals surface area (Å²) in [5, 5.41) is 12.0. The molecule has 0 spiro atoms. The van der Waals surface area contributed by atoms with Crippen molar-refractivity contribution >= 4 is 15.9 Å². The molecule has 2 unspecified atom stereocenters. The molecule has 0 aliphatic carbocycles. The molecule has 0 fully saturated rings. The van der Waals surface area contributed by atoms with Crippen molar-refractivity contribution in [3.8, 4) is 0 Å². The molecule has 96 valence electrons. The van der Waals surface area contributed by atoms with Crippen molar-refractivity contribution < 1.29 is 13.9 Å². The lowest BCUT2D eigenvalue weighted by Crippen LogP contribution is -2.33. The third-order valence-corrected chi connectivity index (χ3v) is 3.49. The molecule has 2 N–H and O–H groups in total. The molecule has 0 aromatic heterocycles. The van der Waals surface area contributed by atoms with E-state index in [1.54, 1.807) is 0 Å². The van der Waals surface area contributed by atoms with Crippen molar-refractivity contribution in [2.24, 2.45) is 5.92 Å². The summed E-state index contributed by atoms with van der Waals surface area (Å²) in [5.74, 6) is -1.11. The Morgan fingerprint density at radius 3 is 2.59 bits per heavy atom. The van der Waals surface area contributed by atoms with Crippen molar-refractivity contribution in [2.75, 3.05) is 6.61 Å². The average Bonchev–Trinajstić information content (AvgIpc) is 2.32. The number of halogens is 3. The fourth-order valence-corrected chi connectivity index (χ4v) is 1.72. The Balaban J connectivity index is 2.72. The van der Waals surface area contributed by atoms with E-state index in [4.69, 9.17) is 5.11 Å². The van der Waals surface area contributed by atoms with Gasteiger partial charge in [-0.15, -0.1) is 0 Å². The van der Waals surface area contributed by atoms with E-state index in [2.05, 4.69) is 21.2 Å². The SMILES string of the molecule is CC(CO)C(C)NCc1c(F)ccc(Br)c1F. The van der Waals surface area contributed by atoms with Gasteiger partial charge in [-0.05, 0) is 40.9 Å². The molecule has 0 saturated heterocycles. The first-order chi connectivity index (χ1) is 7.97. The number of hydrogen-bond acceptors (Lipinski definition) is 2. The van der Waals surface area contributed by atoms with E-state index in [9.17, 15) is 8.78 Å². The second-order valence-electron chi connectivity index (χ2n) is 4.15. The first-order valence-corrected chi connectivity index (χ1v) is 6.23. The van der Waals surface area contributed by atoms with Crippen LogP contribution < -0.4 is 5.32 Å². The molecule has 1 aromatic rings. The number of nitrogens with one attached hydrogen (secondary N) is 1. The molecule has 2 nitrogen and oxygen atoms in total. The Morgan fingerprint density at radius 2 is 2.00 bits per heavy atom. The highest BCUT2D eigenvalue weighted by atomic mass is 79.9. The van der Waals surface area contributed by atoms with E-state index < -0.39 is 11.6 Å². The maximum Gasteiger partial charge on any atom is 0.144 e. The number of aliphatic hydroxyl groups is 1. The molecule has 0 radical (unpaired) electrons. The van der Waals surface area contributed by atoms with Crippen LogP contribution in [0.4, 0.5) is 8.78 Å². The second kappa shape index (κ2) is 6.42. The summed E-state index contributed by atoms with van der Waals surface area (Å²) in [4.78, 5) is 0. The van der Waals surface area contributed by atoms with Gasteiger partial charge in [0.15, 0.2) is 0 Å². The summed E-state index contributed by atoms with van der Waals surface area (Å²) in [6, 6.07) is 2.55. The van der Waals surface area contributed by atoms with Crippen molar-refractivity contribution in [3.05, 3.63) is 33.8 Å². The maximum atomic E-state index is 13.6. The molecule has 17 heavy (non-hydrogen) atoms. The lowest BCUT2D eigenvalue weighted by Gasteiger charge is -2.19. The van der Waals surface area contributed by atoms with Crippen LogP contribution >= 0.6 is 15.9 Å². The van der Waals surface area contributed by atoms with Crippen molar-refractivity contribution in [1.82, 2.24) is 5.32 Å². The standard InChI is InChI=1S/C12H16BrF2NO/c1-7(6-17)8(2)16-5-9-11(14)4-3-10(13)12(9)15/h3-4,7-8,16-17H,5-6H2,1-2H3. The van der Waals surface area contributed by atoms with Gasteiger partial charge < -0.3 is 10.4 Å². The predicted octanol–water partition coefficient (Wildman–Crippen LogP) is 2.83. The van der Waals surface area contributed by atoms with Crippen LogP contribution in [0.15, 0.2) is 16.6 Å². The third-order valence-electron chi connectivity index (χ3n) is 2.88. The molecule has 0 aliphatic rings. The van der Waals surface area contributed by atoms with E-state index >= 15 is 0 Å². The maximum absolute atomic E-state index is 13.6. The molecule has 0 aliphatic heterocycles. The molecule has 0 amide bonds. The van der Waals surface area contributed by atoms with Crippen LogP contribution in [0, 0.1) is 17.6 Å². The second-order valence-corrected chi connectivity index (χ2v) is 5.01. The highest BCUT2D eigenvalue weighted by Crippen LogP contribution is 2.21. The zero-order chi connectivity index (χ0) is 13.0. The number of hydrogen-bond donors (Lipinski definition) is 2. The fourth-order valence-electron chi connectivity index (χ4n) is 1.35. The van der Waals surface area contributed by atoms with Crippen LogP contribution in [0.25, 0.3) is 0 Å². The van der Waals surface area contributed by atoms with Crippen LogP contribution in [-0.4, -0.2) is 17.8 Å². The van der Waals surface area contributed by atoms with Gasteiger partial charge in [0.05, 0.1) is 4.47 Å². The summed E-state index contributed by atoms with van der Waals surface area (Å²) in [7, 11) is 0. The number of rotatable bonds is 5. The zero-order valence-electron chi connectivity index (χ0n) is 9.80. The largest absolute Gasteiger partial charge is 0.396 e. The number of aliphatic hydroxyl groups excluding tert-OH is 1. The lowest BCUT2D eigenvalue weighted by molar-refractivity contribution is 0.206. The molecular formula is C12H16BrF2NO. The summed E-state index contributed by atoms with van der Waals surface area (Å²) in [6.07, 6.45) is 0. The lowest BCUT2D eigenvalue weighted by atomic mass is 10.0. The minimum atomic E-state index is -0.582. The van der Waals surface area contributed by atoms with Crippen LogP contribution in [0.2, 0.25) is 0 Å². The molecule has 0 saturated carbocycles. The van der Waals surface area contributed by atoms with E-state index in [1.165, 1.54) is 12.1 Å². The molecular weight excluding hydrogens is 292 g/mol. The first kappa shape index (κ1) is 14.5. The molecule has 1 aromatic carbocycles. The Bertz CT molecular complexity index is 387.